The molecule has 0 aromatic carbocycles. The van der Waals surface area contributed by atoms with Crippen molar-refractivity contribution in [3.63, 3.8) is 0 Å². The minimum atomic E-state index is -4.53. The molecule has 2 N–H and O–H groups in total. The Hall–Kier alpha value is -2.32. The van der Waals surface area contributed by atoms with Crippen LogP contribution in [0.4, 0.5) is 23.7 Å². The van der Waals surface area contributed by atoms with E-state index in [0.29, 0.717) is 24.3 Å². The van der Waals surface area contributed by atoms with Crippen molar-refractivity contribution in [3.05, 3.63) is 23.7 Å². The van der Waals surface area contributed by atoms with Gasteiger partial charge in [0.05, 0.1) is 17.6 Å². The van der Waals surface area contributed by atoms with E-state index < -0.39 is 17.9 Å². The van der Waals surface area contributed by atoms with Crippen LogP contribution in [-0.2, 0) is 12.6 Å². The fourth-order valence-corrected chi connectivity index (χ4v) is 2.14. The number of fused-ring (bicyclic) bond motifs is 3. The normalized spacial score (nSPS) is 15.0. The minimum absolute atomic E-state index is 0.0948. The minimum Gasteiger partial charge on any atom is -0.351 e. The smallest absolute Gasteiger partial charge is 0.351 e. The number of halogens is 3. The van der Waals surface area contributed by atoms with Crippen LogP contribution in [0.1, 0.15) is 11.4 Å². The van der Waals surface area contributed by atoms with Crippen molar-refractivity contribution in [1.29, 1.82) is 0 Å². The first-order valence-corrected chi connectivity index (χ1v) is 5.40. The summed E-state index contributed by atoms with van der Waals surface area (Å²) in [6.45, 7) is 0.312. The van der Waals surface area contributed by atoms with Crippen LogP contribution in [0.5, 0.6) is 0 Å². The second-order valence-corrected chi connectivity index (χ2v) is 4.13. The van der Waals surface area contributed by atoms with Gasteiger partial charge < -0.3 is 5.73 Å². The molecule has 0 bridgehead atoms. The maximum atomic E-state index is 12.6. The molecule has 100 valence electrons. The van der Waals surface area contributed by atoms with Gasteiger partial charge in [0, 0.05) is 19.0 Å². The Bertz CT molecular complexity index is 678. The summed E-state index contributed by atoms with van der Waals surface area (Å²) in [7, 11) is 0. The Morgan fingerprint density at radius 2 is 2.16 bits per heavy atom. The molecule has 2 aromatic rings. The van der Waals surface area contributed by atoms with Crippen LogP contribution >= 0.6 is 0 Å². The molecule has 0 aliphatic carbocycles. The highest BCUT2D eigenvalue weighted by Gasteiger charge is 2.35. The first-order valence-electron chi connectivity index (χ1n) is 5.40. The Morgan fingerprint density at radius 3 is 2.79 bits per heavy atom. The fourth-order valence-electron chi connectivity index (χ4n) is 2.14. The molecule has 0 saturated carbocycles. The highest BCUT2D eigenvalue weighted by Crippen LogP contribution is 2.31. The summed E-state index contributed by atoms with van der Waals surface area (Å²) in [5, 5.41) is 3.50. The fraction of sp³-hybridized carbons (Fsp3) is 0.300. The highest BCUT2D eigenvalue weighted by molar-refractivity contribution is 5.92. The third-order valence-electron chi connectivity index (χ3n) is 2.98. The number of amides is 2. The second kappa shape index (κ2) is 3.59. The molecule has 0 radical (unpaired) electrons. The van der Waals surface area contributed by atoms with Crippen molar-refractivity contribution in [2.75, 3.05) is 11.4 Å². The van der Waals surface area contributed by atoms with E-state index in [4.69, 9.17) is 5.73 Å². The van der Waals surface area contributed by atoms with Crippen LogP contribution in [0, 0.1) is 0 Å². The number of hydrogen-bond donors (Lipinski definition) is 1. The zero-order chi connectivity index (χ0) is 13.8. The number of alkyl halides is 3. The van der Waals surface area contributed by atoms with Gasteiger partial charge in [0.1, 0.15) is 0 Å². The van der Waals surface area contributed by atoms with Crippen LogP contribution in [0.3, 0.4) is 0 Å². The summed E-state index contributed by atoms with van der Waals surface area (Å²) >= 11 is 0. The largest absolute Gasteiger partial charge is 0.435 e. The molecule has 9 heteroatoms. The van der Waals surface area contributed by atoms with Gasteiger partial charge in [-0.2, -0.15) is 18.3 Å². The molecule has 2 amide bonds. The average molecular weight is 271 g/mol. The number of nitrogens with two attached hydrogens (primary N) is 1. The van der Waals surface area contributed by atoms with Crippen LogP contribution in [0.25, 0.3) is 5.65 Å². The zero-order valence-corrected chi connectivity index (χ0v) is 9.48. The van der Waals surface area contributed by atoms with Crippen LogP contribution in [-0.4, -0.2) is 27.2 Å². The molecule has 0 atom stereocenters. The number of carbonyl (C=O) groups excluding carboxylic acids is 1. The lowest BCUT2D eigenvalue weighted by Crippen LogP contribution is -2.34. The Labute approximate surface area is 104 Å². The summed E-state index contributed by atoms with van der Waals surface area (Å²) < 4.78 is 38.9. The number of urea groups is 1. The summed E-state index contributed by atoms with van der Waals surface area (Å²) in [5.41, 5.74) is 5.17. The molecular weight excluding hydrogens is 263 g/mol. The Morgan fingerprint density at radius 1 is 1.42 bits per heavy atom. The zero-order valence-electron chi connectivity index (χ0n) is 9.48. The molecule has 2 aromatic heterocycles. The number of hydrogen-bond acceptors (Lipinski definition) is 3. The van der Waals surface area contributed by atoms with Gasteiger partial charge in [0.25, 0.3) is 0 Å². The second-order valence-electron chi connectivity index (χ2n) is 4.13. The molecule has 19 heavy (non-hydrogen) atoms. The average Bonchev–Trinajstić information content (AvgIpc) is 2.90. The maximum Gasteiger partial charge on any atom is 0.435 e. The van der Waals surface area contributed by atoms with E-state index in [-0.39, 0.29) is 5.65 Å². The molecular formula is C10H8F3N5O. The first-order chi connectivity index (χ1) is 8.88. The van der Waals surface area contributed by atoms with Crippen molar-refractivity contribution < 1.29 is 18.0 Å². The van der Waals surface area contributed by atoms with Crippen molar-refractivity contribution in [2.24, 2.45) is 5.73 Å². The van der Waals surface area contributed by atoms with Gasteiger partial charge in [-0.1, -0.05) is 0 Å². The predicted molar refractivity (Wildman–Crippen MR) is 58.6 cm³/mol. The lowest BCUT2D eigenvalue weighted by molar-refractivity contribution is -0.141. The standard InChI is InChI=1S/C10H8F3N5O/c11-10(12,13)7-3-8-15-4-6-5(18(8)16-7)1-2-17(6)9(14)19/h3-4H,1-2H2,(H2,14,19). The van der Waals surface area contributed by atoms with Gasteiger partial charge in [-0.25, -0.2) is 14.3 Å². The number of primary amides is 1. The monoisotopic (exact) mass is 271 g/mol. The van der Waals surface area contributed by atoms with E-state index in [2.05, 4.69) is 10.1 Å². The first kappa shape index (κ1) is 11.8. The molecule has 1 aliphatic heterocycles. The van der Waals surface area contributed by atoms with Crippen molar-refractivity contribution >= 4 is 17.4 Å². The van der Waals surface area contributed by atoms with Gasteiger partial charge in [-0.05, 0) is 0 Å². The van der Waals surface area contributed by atoms with E-state index >= 15 is 0 Å². The highest BCUT2D eigenvalue weighted by atomic mass is 19.4. The van der Waals surface area contributed by atoms with E-state index in [0.717, 1.165) is 10.6 Å². The van der Waals surface area contributed by atoms with Crippen LogP contribution in [0.15, 0.2) is 12.3 Å². The SMILES string of the molecule is NC(=O)N1CCc2c1cnc1cc(C(F)(F)F)nn21. The van der Waals surface area contributed by atoms with Crippen molar-refractivity contribution in [1.82, 2.24) is 14.6 Å². The van der Waals surface area contributed by atoms with Crippen molar-refractivity contribution in [2.45, 2.75) is 12.6 Å². The molecule has 3 rings (SSSR count). The third-order valence-corrected chi connectivity index (χ3v) is 2.98. The summed E-state index contributed by atoms with van der Waals surface area (Å²) in [5.74, 6) is 0. The lowest BCUT2D eigenvalue weighted by atomic mass is 10.3. The molecule has 1 aliphatic rings. The maximum absolute atomic E-state index is 12.6. The predicted octanol–water partition coefficient (Wildman–Crippen LogP) is 1.19. The van der Waals surface area contributed by atoms with Gasteiger partial charge in [-0.15, -0.1) is 0 Å². The molecule has 0 spiro atoms. The lowest BCUT2D eigenvalue weighted by Gasteiger charge is -2.12. The molecule has 0 saturated heterocycles. The number of aromatic nitrogens is 3. The number of rotatable bonds is 0. The summed E-state index contributed by atoms with van der Waals surface area (Å²) in [4.78, 5) is 16.3. The van der Waals surface area contributed by atoms with E-state index in [1.54, 1.807) is 0 Å². The Balaban J connectivity index is 2.19. The Kier molecular flexibility index (Phi) is 2.22. The third kappa shape index (κ3) is 1.69. The quantitative estimate of drug-likeness (QED) is 0.781. The number of nitrogens with zero attached hydrogens (tertiary/aromatic N) is 4. The van der Waals surface area contributed by atoms with E-state index in [1.807, 2.05) is 0 Å². The number of carbonyl (C=O) groups is 1. The number of anilines is 1. The molecule has 0 fully saturated rings. The summed E-state index contributed by atoms with van der Waals surface area (Å²) in [6.07, 6.45) is -2.80. The van der Waals surface area contributed by atoms with Gasteiger partial charge in [-0.3, -0.25) is 4.90 Å². The van der Waals surface area contributed by atoms with E-state index in [1.165, 1.54) is 11.1 Å². The van der Waals surface area contributed by atoms with Crippen LogP contribution in [0.2, 0.25) is 0 Å². The molecule has 6 nitrogen and oxygen atoms in total. The van der Waals surface area contributed by atoms with Gasteiger partial charge >= 0.3 is 12.2 Å². The van der Waals surface area contributed by atoms with Gasteiger partial charge in [0.15, 0.2) is 11.3 Å². The van der Waals surface area contributed by atoms with E-state index in [9.17, 15) is 18.0 Å². The van der Waals surface area contributed by atoms with Gasteiger partial charge in [0.2, 0.25) is 0 Å². The van der Waals surface area contributed by atoms with Crippen molar-refractivity contribution in [3.8, 4) is 0 Å². The molecule has 3 heterocycles. The van der Waals surface area contributed by atoms with Crippen LogP contribution < -0.4 is 10.6 Å². The topological polar surface area (TPSA) is 76.5 Å². The molecule has 0 unspecified atom stereocenters. The summed E-state index contributed by atoms with van der Waals surface area (Å²) in [6, 6.07) is 0.204.